The zero-order valence-electron chi connectivity index (χ0n) is 11.3. The van der Waals surface area contributed by atoms with Crippen LogP contribution >= 0.6 is 0 Å². The molecular weight excluding hydrogens is 232 g/mol. The van der Waals surface area contributed by atoms with E-state index in [-0.39, 0.29) is 12.0 Å². The highest BCUT2D eigenvalue weighted by Gasteiger charge is 2.32. The van der Waals surface area contributed by atoms with E-state index in [1.807, 2.05) is 49.4 Å². The van der Waals surface area contributed by atoms with Gasteiger partial charge in [-0.3, -0.25) is 0 Å². The molecule has 0 amide bonds. The largest absolute Gasteiger partial charge is 0.395 e. The molecule has 0 saturated carbocycles. The van der Waals surface area contributed by atoms with E-state index >= 15 is 0 Å². The molecule has 0 aliphatic rings. The molecule has 0 aliphatic heterocycles. The summed E-state index contributed by atoms with van der Waals surface area (Å²) in [5.41, 5.74) is 1.96. The van der Waals surface area contributed by atoms with Crippen LogP contribution < -0.4 is 0 Å². The summed E-state index contributed by atoms with van der Waals surface area (Å²) >= 11 is 0. The van der Waals surface area contributed by atoms with Crippen molar-refractivity contribution in [3.8, 4) is 0 Å². The lowest BCUT2D eigenvalue weighted by atomic mass is 9.72. The van der Waals surface area contributed by atoms with Crippen molar-refractivity contribution in [2.75, 3.05) is 6.61 Å². The van der Waals surface area contributed by atoms with Crippen LogP contribution in [0.2, 0.25) is 0 Å². The van der Waals surface area contributed by atoms with Crippen LogP contribution in [0, 0.1) is 0 Å². The van der Waals surface area contributed by atoms with Crippen LogP contribution in [0.3, 0.4) is 0 Å². The van der Waals surface area contributed by atoms with Gasteiger partial charge in [-0.05, 0) is 24.5 Å². The van der Waals surface area contributed by atoms with E-state index in [1.54, 1.807) is 0 Å². The second kappa shape index (κ2) is 6.35. The maximum Gasteiger partial charge on any atom is 0.0571 e. The summed E-state index contributed by atoms with van der Waals surface area (Å²) in [4.78, 5) is 0. The fourth-order valence-electron chi connectivity index (χ4n) is 2.48. The van der Waals surface area contributed by atoms with Gasteiger partial charge in [-0.15, -0.1) is 0 Å². The lowest BCUT2D eigenvalue weighted by Crippen LogP contribution is -2.31. The number of aliphatic hydroxyl groups excluding tert-OH is 1. The molecule has 2 rings (SSSR count). The van der Waals surface area contributed by atoms with Crippen LogP contribution in [-0.4, -0.2) is 11.7 Å². The smallest absolute Gasteiger partial charge is 0.0571 e. The van der Waals surface area contributed by atoms with Gasteiger partial charge in [0.05, 0.1) is 6.61 Å². The van der Waals surface area contributed by atoms with Crippen molar-refractivity contribution in [3.63, 3.8) is 0 Å². The van der Waals surface area contributed by atoms with E-state index < -0.39 is 0 Å². The Hall–Kier alpha value is -1.86. The van der Waals surface area contributed by atoms with Gasteiger partial charge in [-0.1, -0.05) is 72.8 Å². The molecule has 0 bridgehead atoms. The minimum atomic E-state index is -0.352. The van der Waals surface area contributed by atoms with Gasteiger partial charge >= 0.3 is 0 Å². The van der Waals surface area contributed by atoms with E-state index in [1.165, 1.54) is 0 Å². The van der Waals surface area contributed by atoms with Crippen LogP contribution in [0.5, 0.6) is 0 Å². The van der Waals surface area contributed by atoms with Crippen molar-refractivity contribution < 1.29 is 5.11 Å². The van der Waals surface area contributed by atoms with Gasteiger partial charge in [0, 0.05) is 5.41 Å². The second-order valence-electron chi connectivity index (χ2n) is 4.75. The van der Waals surface area contributed by atoms with E-state index in [0.29, 0.717) is 0 Å². The standard InChI is InChI=1S/C18H20O/c1-2-3-14-18(15-19,16-10-6-4-7-11-16)17-12-8-5-9-13-17/h2-13,19H,14-15H2,1H3/b3-2+. The van der Waals surface area contributed by atoms with Crippen LogP contribution in [-0.2, 0) is 5.41 Å². The zero-order chi connectivity index (χ0) is 13.6. The van der Waals surface area contributed by atoms with Crippen molar-refractivity contribution >= 4 is 0 Å². The van der Waals surface area contributed by atoms with E-state index in [0.717, 1.165) is 17.5 Å². The third-order valence-electron chi connectivity index (χ3n) is 3.62. The second-order valence-corrected chi connectivity index (χ2v) is 4.75. The van der Waals surface area contributed by atoms with Crippen LogP contribution in [0.15, 0.2) is 72.8 Å². The summed E-state index contributed by atoms with van der Waals surface area (Å²) in [5.74, 6) is 0. The number of benzene rings is 2. The molecule has 2 aromatic rings. The highest BCUT2D eigenvalue weighted by Crippen LogP contribution is 2.35. The maximum absolute atomic E-state index is 10.1. The van der Waals surface area contributed by atoms with E-state index in [9.17, 15) is 5.11 Å². The molecule has 98 valence electrons. The summed E-state index contributed by atoms with van der Waals surface area (Å²) in [6, 6.07) is 20.5. The fourth-order valence-corrected chi connectivity index (χ4v) is 2.48. The first-order chi connectivity index (χ1) is 9.33. The van der Waals surface area contributed by atoms with Gasteiger partial charge in [-0.2, -0.15) is 0 Å². The summed E-state index contributed by atoms with van der Waals surface area (Å²) in [6.45, 7) is 2.11. The third kappa shape index (κ3) is 2.77. The van der Waals surface area contributed by atoms with Crippen molar-refractivity contribution in [2.24, 2.45) is 0 Å². The molecule has 1 heteroatoms. The Morgan fingerprint density at radius 2 is 1.37 bits per heavy atom. The van der Waals surface area contributed by atoms with Crippen molar-refractivity contribution in [1.29, 1.82) is 0 Å². The molecule has 0 aliphatic carbocycles. The minimum Gasteiger partial charge on any atom is -0.395 e. The summed E-state index contributed by atoms with van der Waals surface area (Å²) < 4.78 is 0. The molecule has 0 heterocycles. The first-order valence-corrected chi connectivity index (χ1v) is 6.66. The number of hydrogen-bond acceptors (Lipinski definition) is 1. The van der Waals surface area contributed by atoms with Gasteiger partial charge in [0.1, 0.15) is 0 Å². The van der Waals surface area contributed by atoms with Crippen LogP contribution in [0.4, 0.5) is 0 Å². The molecule has 2 aromatic carbocycles. The third-order valence-corrected chi connectivity index (χ3v) is 3.62. The molecule has 1 nitrogen and oxygen atoms in total. The molecule has 0 radical (unpaired) electrons. The van der Waals surface area contributed by atoms with E-state index in [4.69, 9.17) is 0 Å². The van der Waals surface area contributed by atoms with Crippen LogP contribution in [0.1, 0.15) is 24.5 Å². The predicted octanol–water partition coefficient (Wildman–Crippen LogP) is 3.93. The lowest BCUT2D eigenvalue weighted by molar-refractivity contribution is 0.220. The molecule has 0 saturated heterocycles. The summed E-state index contributed by atoms with van der Waals surface area (Å²) in [6.07, 6.45) is 4.96. The highest BCUT2D eigenvalue weighted by molar-refractivity contribution is 5.40. The monoisotopic (exact) mass is 252 g/mol. The Labute approximate surface area is 115 Å². The van der Waals surface area contributed by atoms with Gasteiger partial charge in [0.25, 0.3) is 0 Å². The number of aliphatic hydroxyl groups is 1. The predicted molar refractivity (Wildman–Crippen MR) is 80.2 cm³/mol. The summed E-state index contributed by atoms with van der Waals surface area (Å²) in [5, 5.41) is 10.1. The van der Waals surface area contributed by atoms with Gasteiger partial charge in [0.15, 0.2) is 0 Å². The average Bonchev–Trinajstić information content (AvgIpc) is 2.51. The normalized spacial score (nSPS) is 11.9. The topological polar surface area (TPSA) is 20.2 Å². The van der Waals surface area contributed by atoms with Gasteiger partial charge in [0.2, 0.25) is 0 Å². The van der Waals surface area contributed by atoms with Gasteiger partial charge < -0.3 is 5.11 Å². The molecular formula is C18H20O. The number of hydrogen-bond donors (Lipinski definition) is 1. The molecule has 0 fully saturated rings. The first-order valence-electron chi connectivity index (χ1n) is 6.66. The Morgan fingerprint density at radius 3 is 1.74 bits per heavy atom. The quantitative estimate of drug-likeness (QED) is 0.799. The number of allylic oxidation sites excluding steroid dienone is 2. The molecule has 19 heavy (non-hydrogen) atoms. The maximum atomic E-state index is 10.1. The Balaban J connectivity index is 2.54. The molecule has 0 spiro atoms. The zero-order valence-corrected chi connectivity index (χ0v) is 11.3. The first kappa shape index (κ1) is 13.6. The van der Waals surface area contributed by atoms with Crippen molar-refractivity contribution in [2.45, 2.75) is 18.8 Å². The average molecular weight is 252 g/mol. The van der Waals surface area contributed by atoms with E-state index in [2.05, 4.69) is 30.3 Å². The molecule has 1 N–H and O–H groups in total. The van der Waals surface area contributed by atoms with Crippen molar-refractivity contribution in [1.82, 2.24) is 0 Å². The Morgan fingerprint density at radius 1 is 0.895 bits per heavy atom. The van der Waals surface area contributed by atoms with Gasteiger partial charge in [-0.25, -0.2) is 0 Å². The number of rotatable bonds is 5. The summed E-state index contributed by atoms with van der Waals surface area (Å²) in [7, 11) is 0. The van der Waals surface area contributed by atoms with Crippen LogP contribution in [0.25, 0.3) is 0 Å². The Kier molecular flexibility index (Phi) is 4.53. The lowest BCUT2D eigenvalue weighted by Gasteiger charge is -2.32. The molecule has 0 aromatic heterocycles. The minimum absolute atomic E-state index is 0.103. The highest BCUT2D eigenvalue weighted by atomic mass is 16.3. The SMILES string of the molecule is C/C=C/CC(CO)(c1ccccc1)c1ccccc1. The molecule has 0 unspecified atom stereocenters. The molecule has 0 atom stereocenters. The Bertz CT molecular complexity index is 474. The fraction of sp³-hybridized carbons (Fsp3) is 0.222. The van der Waals surface area contributed by atoms with Crippen molar-refractivity contribution in [3.05, 3.63) is 83.9 Å².